The van der Waals surface area contributed by atoms with Crippen LogP contribution in [0.5, 0.6) is 0 Å². The van der Waals surface area contributed by atoms with Gasteiger partial charge in [0.05, 0.1) is 26.7 Å². The maximum atomic E-state index is 13.4. The molecule has 0 unspecified atom stereocenters. The molecule has 2 amide bonds. The van der Waals surface area contributed by atoms with Crippen LogP contribution in [-0.4, -0.2) is 26.6 Å². The summed E-state index contributed by atoms with van der Waals surface area (Å²) in [7, 11) is 0. The van der Waals surface area contributed by atoms with Crippen LogP contribution in [0.3, 0.4) is 0 Å². The molecule has 2 aromatic carbocycles. The van der Waals surface area contributed by atoms with Crippen LogP contribution in [0.2, 0.25) is 0 Å². The Labute approximate surface area is 205 Å². The molecule has 0 aliphatic rings. The number of aryl methyl sites for hydroxylation is 1. The van der Waals surface area contributed by atoms with Crippen LogP contribution in [0, 0.1) is 34.3 Å². The Balaban J connectivity index is 2.17. The first-order chi connectivity index (χ1) is 14.6. The minimum atomic E-state index is -0.824. The van der Waals surface area contributed by atoms with Crippen molar-refractivity contribution in [2.24, 2.45) is 0 Å². The number of hydrogen-bond acceptors (Lipinski definition) is 8. The van der Waals surface area contributed by atoms with Gasteiger partial charge in [-0.25, -0.2) is 9.88 Å². The summed E-state index contributed by atoms with van der Waals surface area (Å²) < 4.78 is 0.793. The van der Waals surface area contributed by atoms with Crippen LogP contribution < -0.4 is 4.90 Å². The highest BCUT2D eigenvalue weighted by Crippen LogP contribution is 2.29. The van der Waals surface area contributed by atoms with E-state index in [1.807, 2.05) is 45.2 Å². The summed E-state index contributed by atoms with van der Waals surface area (Å²) in [5.74, 6) is -1.65. The van der Waals surface area contributed by atoms with Crippen molar-refractivity contribution in [3.63, 3.8) is 0 Å². The molecule has 0 aliphatic heterocycles. The van der Waals surface area contributed by atoms with Crippen molar-refractivity contribution in [2.45, 2.75) is 6.92 Å². The summed E-state index contributed by atoms with van der Waals surface area (Å²) in [6, 6.07) is 7.48. The van der Waals surface area contributed by atoms with Gasteiger partial charge in [-0.1, -0.05) is 0 Å². The standard InChI is InChI=1S/C18H10I2N4O6S/c1-9-8-31-18(21-9)22(16(25)12-6-10(23(27)28)2-4-14(12)19)17(26)13-7-11(24(29)30)3-5-15(13)20/h2-8H,1H3. The number of anilines is 1. The third kappa shape index (κ3) is 4.87. The van der Waals surface area contributed by atoms with Gasteiger partial charge < -0.3 is 0 Å². The highest BCUT2D eigenvalue weighted by Gasteiger charge is 2.32. The Bertz CT molecular complexity index is 1170. The molecule has 0 N–H and O–H groups in total. The zero-order valence-corrected chi connectivity index (χ0v) is 20.6. The molecule has 13 heteroatoms. The van der Waals surface area contributed by atoms with Crippen LogP contribution >= 0.6 is 56.5 Å². The highest BCUT2D eigenvalue weighted by molar-refractivity contribution is 14.1. The van der Waals surface area contributed by atoms with Crippen molar-refractivity contribution in [3.05, 3.63) is 86.0 Å². The normalized spacial score (nSPS) is 10.5. The lowest BCUT2D eigenvalue weighted by atomic mass is 10.1. The van der Waals surface area contributed by atoms with Crippen molar-refractivity contribution in [1.29, 1.82) is 0 Å². The molecule has 158 valence electrons. The first-order valence-corrected chi connectivity index (χ1v) is 11.3. The summed E-state index contributed by atoms with van der Waals surface area (Å²) >= 11 is 4.72. The lowest BCUT2D eigenvalue weighted by Crippen LogP contribution is -2.38. The number of carbonyl (C=O) groups excluding carboxylic acids is 2. The topological polar surface area (TPSA) is 137 Å². The quantitative estimate of drug-likeness (QED) is 0.163. The molecule has 0 atom stereocenters. The monoisotopic (exact) mass is 664 g/mol. The average Bonchev–Trinajstić information content (AvgIpc) is 3.13. The third-order valence-electron chi connectivity index (χ3n) is 3.99. The molecule has 0 aliphatic carbocycles. The molecule has 0 radical (unpaired) electrons. The lowest BCUT2D eigenvalue weighted by molar-refractivity contribution is -0.385. The molecule has 10 nitrogen and oxygen atoms in total. The molecule has 3 aromatic rings. The summed E-state index contributed by atoms with van der Waals surface area (Å²) in [6.45, 7) is 1.68. The molecule has 1 aromatic heterocycles. The number of benzene rings is 2. The molecule has 0 spiro atoms. The predicted molar refractivity (Wildman–Crippen MR) is 130 cm³/mol. The van der Waals surface area contributed by atoms with Gasteiger partial charge in [0.25, 0.3) is 23.2 Å². The summed E-state index contributed by atoms with van der Waals surface area (Å²) in [4.78, 5) is 52.9. The number of non-ortho nitro benzene ring substituents is 2. The van der Waals surface area contributed by atoms with Gasteiger partial charge in [-0.15, -0.1) is 11.3 Å². The number of thiazole rings is 1. The first-order valence-electron chi connectivity index (χ1n) is 8.29. The van der Waals surface area contributed by atoms with E-state index in [9.17, 15) is 29.8 Å². The Morgan fingerprint density at radius 2 is 1.39 bits per heavy atom. The van der Waals surface area contributed by atoms with Gasteiger partial charge in [0.2, 0.25) is 0 Å². The number of nitrogens with zero attached hydrogens (tertiary/aromatic N) is 4. The van der Waals surface area contributed by atoms with Crippen molar-refractivity contribution >= 4 is 84.8 Å². The van der Waals surface area contributed by atoms with Gasteiger partial charge >= 0.3 is 0 Å². The van der Waals surface area contributed by atoms with E-state index in [0.29, 0.717) is 12.8 Å². The van der Waals surface area contributed by atoms with E-state index < -0.39 is 21.7 Å². The number of amides is 2. The molecule has 1 heterocycles. The minimum absolute atomic E-state index is 0.0529. The molecule has 0 fully saturated rings. The number of imide groups is 1. The van der Waals surface area contributed by atoms with Crippen LogP contribution in [0.1, 0.15) is 26.4 Å². The summed E-state index contributed by atoms with van der Waals surface area (Å²) in [5, 5.41) is 24.0. The smallest absolute Gasteiger partial charge is 0.268 e. The number of nitro benzene ring substituents is 2. The molecular formula is C18H10I2N4O6S. The van der Waals surface area contributed by atoms with Gasteiger partial charge in [-0.2, -0.15) is 0 Å². The van der Waals surface area contributed by atoms with Crippen molar-refractivity contribution in [3.8, 4) is 0 Å². The molecule has 3 rings (SSSR count). The number of hydrogen-bond donors (Lipinski definition) is 0. The number of nitro groups is 2. The number of rotatable bonds is 5. The van der Waals surface area contributed by atoms with Crippen molar-refractivity contribution in [1.82, 2.24) is 4.98 Å². The average molecular weight is 664 g/mol. The molecule has 0 bridgehead atoms. The van der Waals surface area contributed by atoms with Gasteiger partial charge in [0.15, 0.2) is 5.13 Å². The van der Waals surface area contributed by atoms with E-state index >= 15 is 0 Å². The van der Waals surface area contributed by atoms with E-state index in [1.165, 1.54) is 24.3 Å². The largest absolute Gasteiger partial charge is 0.270 e. The third-order valence-corrected chi connectivity index (χ3v) is 6.81. The molecule has 0 saturated heterocycles. The molecule has 0 saturated carbocycles. The second-order valence-corrected chi connectivity index (χ2v) is 9.22. The number of carbonyl (C=O) groups is 2. The Morgan fingerprint density at radius 1 is 0.935 bits per heavy atom. The first kappa shape index (κ1) is 23.1. The van der Waals surface area contributed by atoms with Gasteiger partial charge in [-0.3, -0.25) is 29.8 Å². The van der Waals surface area contributed by atoms with E-state index in [-0.39, 0.29) is 27.6 Å². The summed E-state index contributed by atoms with van der Waals surface area (Å²) in [6.07, 6.45) is 0. The highest BCUT2D eigenvalue weighted by atomic mass is 127. The van der Waals surface area contributed by atoms with Crippen LogP contribution in [0.4, 0.5) is 16.5 Å². The predicted octanol–water partition coefficient (Wildman–Crippen LogP) is 4.96. The zero-order valence-electron chi connectivity index (χ0n) is 15.4. The zero-order chi connectivity index (χ0) is 22.9. The summed E-state index contributed by atoms with van der Waals surface area (Å²) in [5.41, 5.74) is -0.172. The second-order valence-electron chi connectivity index (χ2n) is 6.06. The van der Waals surface area contributed by atoms with Crippen molar-refractivity contribution < 1.29 is 19.4 Å². The Morgan fingerprint density at radius 3 is 1.74 bits per heavy atom. The maximum Gasteiger partial charge on any atom is 0.270 e. The number of aromatic nitrogens is 1. The van der Waals surface area contributed by atoms with Crippen molar-refractivity contribution in [2.75, 3.05) is 4.90 Å². The number of halogens is 2. The fraction of sp³-hybridized carbons (Fsp3) is 0.0556. The molecular weight excluding hydrogens is 654 g/mol. The minimum Gasteiger partial charge on any atom is -0.268 e. The van der Waals surface area contributed by atoms with Crippen LogP contribution in [-0.2, 0) is 0 Å². The van der Waals surface area contributed by atoms with E-state index in [2.05, 4.69) is 4.98 Å². The Kier molecular flexibility index (Phi) is 6.95. The van der Waals surface area contributed by atoms with Crippen LogP contribution in [0.15, 0.2) is 41.8 Å². The molecule has 31 heavy (non-hydrogen) atoms. The lowest BCUT2D eigenvalue weighted by Gasteiger charge is -2.19. The van der Waals surface area contributed by atoms with E-state index in [0.717, 1.165) is 28.4 Å². The fourth-order valence-corrected chi connectivity index (χ4v) is 4.46. The van der Waals surface area contributed by atoms with Gasteiger partial charge in [0, 0.05) is 36.8 Å². The second kappa shape index (κ2) is 9.31. The van der Waals surface area contributed by atoms with Gasteiger partial charge in [-0.05, 0) is 64.2 Å². The van der Waals surface area contributed by atoms with E-state index in [4.69, 9.17) is 0 Å². The van der Waals surface area contributed by atoms with Gasteiger partial charge in [0.1, 0.15) is 0 Å². The SMILES string of the molecule is Cc1csc(N(C(=O)c2cc([N+](=O)[O-])ccc2I)C(=O)c2cc([N+](=O)[O-])ccc2I)n1. The van der Waals surface area contributed by atoms with E-state index in [1.54, 1.807) is 12.3 Å². The Hall–Kier alpha value is -2.53. The maximum absolute atomic E-state index is 13.4. The fourth-order valence-electron chi connectivity index (χ4n) is 2.53. The van der Waals surface area contributed by atoms with Crippen LogP contribution in [0.25, 0.3) is 0 Å².